The van der Waals surface area contributed by atoms with Crippen molar-refractivity contribution in [2.75, 3.05) is 13.1 Å². The normalized spacial score (nSPS) is 11.8. The molecule has 0 amide bonds. The minimum atomic E-state index is -4.41. The summed E-state index contributed by atoms with van der Waals surface area (Å²) in [5, 5.41) is 8.66. The first-order chi connectivity index (χ1) is 9.20. The highest BCUT2D eigenvalue weighted by Crippen LogP contribution is 2.21. The van der Waals surface area contributed by atoms with Crippen LogP contribution in [0.3, 0.4) is 0 Å². The molecule has 0 bridgehead atoms. The number of hydrogen-bond acceptors (Lipinski definition) is 3. The highest BCUT2D eigenvalue weighted by Gasteiger charge is 2.28. The van der Waals surface area contributed by atoms with Crippen molar-refractivity contribution in [3.8, 4) is 0 Å². The standard InChI is InChI=1S/C11H12F3NO4S/c1-2-3-15(6-10(16)17)20(18,19)7-4-8(12)11(14)9(13)5-7/h4-5H,2-3,6H2,1H3,(H,16,17). The van der Waals surface area contributed by atoms with Crippen LogP contribution < -0.4 is 0 Å². The quantitative estimate of drug-likeness (QED) is 0.810. The smallest absolute Gasteiger partial charge is 0.318 e. The van der Waals surface area contributed by atoms with Crippen molar-refractivity contribution in [1.82, 2.24) is 4.31 Å². The fourth-order valence-electron chi connectivity index (χ4n) is 1.51. The maximum absolute atomic E-state index is 13.1. The van der Waals surface area contributed by atoms with E-state index in [2.05, 4.69) is 0 Å². The summed E-state index contributed by atoms with van der Waals surface area (Å²) < 4.78 is 63.7. The molecule has 1 rings (SSSR count). The van der Waals surface area contributed by atoms with Crippen LogP contribution >= 0.6 is 0 Å². The van der Waals surface area contributed by atoms with Gasteiger partial charge in [0.1, 0.15) is 6.54 Å². The summed E-state index contributed by atoms with van der Waals surface area (Å²) in [6.45, 7) is 0.613. The van der Waals surface area contributed by atoms with E-state index >= 15 is 0 Å². The number of halogens is 3. The second kappa shape index (κ2) is 6.23. The Morgan fingerprint density at radius 3 is 2.15 bits per heavy atom. The molecule has 1 aromatic carbocycles. The van der Waals surface area contributed by atoms with Crippen molar-refractivity contribution < 1.29 is 31.5 Å². The Balaban J connectivity index is 3.29. The Labute approximate surface area is 113 Å². The molecule has 0 atom stereocenters. The molecular formula is C11H12F3NO4S. The van der Waals surface area contributed by atoms with E-state index in [1.54, 1.807) is 6.92 Å². The van der Waals surface area contributed by atoms with Gasteiger partial charge in [-0.15, -0.1) is 0 Å². The fourth-order valence-corrected chi connectivity index (χ4v) is 3.02. The first kappa shape index (κ1) is 16.4. The minimum Gasteiger partial charge on any atom is -0.480 e. The second-order valence-corrected chi connectivity index (χ2v) is 5.87. The van der Waals surface area contributed by atoms with E-state index < -0.39 is 44.9 Å². The molecule has 5 nitrogen and oxygen atoms in total. The third-order valence-electron chi connectivity index (χ3n) is 2.38. The molecule has 0 aliphatic carbocycles. The van der Waals surface area contributed by atoms with E-state index in [-0.39, 0.29) is 6.54 Å². The monoisotopic (exact) mass is 311 g/mol. The number of aliphatic carboxylic acids is 1. The number of rotatable bonds is 6. The maximum Gasteiger partial charge on any atom is 0.318 e. The van der Waals surface area contributed by atoms with E-state index in [4.69, 9.17) is 5.11 Å². The lowest BCUT2D eigenvalue weighted by Crippen LogP contribution is -2.36. The van der Waals surface area contributed by atoms with Crippen LogP contribution in [0.25, 0.3) is 0 Å². The summed E-state index contributed by atoms with van der Waals surface area (Å²) in [6, 6.07) is 0.635. The van der Waals surface area contributed by atoms with Gasteiger partial charge in [0.15, 0.2) is 17.5 Å². The molecule has 1 aromatic rings. The zero-order chi connectivity index (χ0) is 15.5. The third kappa shape index (κ3) is 3.48. The van der Waals surface area contributed by atoms with E-state index in [0.717, 1.165) is 0 Å². The molecule has 0 saturated heterocycles. The Kier molecular flexibility index (Phi) is 5.12. The van der Waals surface area contributed by atoms with Gasteiger partial charge in [-0.05, 0) is 18.6 Å². The van der Waals surface area contributed by atoms with Crippen LogP contribution in [-0.2, 0) is 14.8 Å². The van der Waals surface area contributed by atoms with Gasteiger partial charge in [-0.3, -0.25) is 4.79 Å². The van der Waals surface area contributed by atoms with Gasteiger partial charge in [0, 0.05) is 6.54 Å². The largest absolute Gasteiger partial charge is 0.480 e. The van der Waals surface area contributed by atoms with Crippen LogP contribution in [0.4, 0.5) is 13.2 Å². The number of sulfonamides is 1. The van der Waals surface area contributed by atoms with Crippen LogP contribution in [0.5, 0.6) is 0 Å². The van der Waals surface area contributed by atoms with Gasteiger partial charge in [-0.1, -0.05) is 6.92 Å². The summed E-state index contributed by atoms with van der Waals surface area (Å²) in [7, 11) is -4.41. The van der Waals surface area contributed by atoms with Gasteiger partial charge in [-0.2, -0.15) is 4.31 Å². The number of nitrogens with zero attached hydrogens (tertiary/aromatic N) is 1. The Morgan fingerprint density at radius 2 is 1.75 bits per heavy atom. The third-order valence-corrected chi connectivity index (χ3v) is 4.20. The van der Waals surface area contributed by atoms with Crippen LogP contribution in [-0.4, -0.2) is 36.9 Å². The Bertz CT molecular complexity index is 595. The fraction of sp³-hybridized carbons (Fsp3) is 0.364. The first-order valence-electron chi connectivity index (χ1n) is 5.56. The van der Waals surface area contributed by atoms with Crippen molar-refractivity contribution in [1.29, 1.82) is 0 Å². The van der Waals surface area contributed by atoms with Crippen LogP contribution in [0.1, 0.15) is 13.3 Å². The molecule has 112 valence electrons. The van der Waals surface area contributed by atoms with Gasteiger partial charge >= 0.3 is 5.97 Å². The Hall–Kier alpha value is -1.61. The molecule has 20 heavy (non-hydrogen) atoms. The first-order valence-corrected chi connectivity index (χ1v) is 7.00. The van der Waals surface area contributed by atoms with E-state index in [1.165, 1.54) is 0 Å². The minimum absolute atomic E-state index is 0.144. The molecule has 9 heteroatoms. The number of carboxylic acids is 1. The summed E-state index contributed by atoms with van der Waals surface area (Å²) in [6.07, 6.45) is 0.304. The molecular weight excluding hydrogens is 299 g/mol. The average Bonchev–Trinajstić information content (AvgIpc) is 2.34. The van der Waals surface area contributed by atoms with E-state index in [9.17, 15) is 26.4 Å². The molecule has 0 aromatic heterocycles. The van der Waals surface area contributed by atoms with Crippen molar-refractivity contribution in [2.24, 2.45) is 0 Å². The molecule has 1 N–H and O–H groups in total. The zero-order valence-electron chi connectivity index (χ0n) is 10.4. The summed E-state index contributed by atoms with van der Waals surface area (Å²) >= 11 is 0. The molecule has 0 aliphatic heterocycles. The van der Waals surface area contributed by atoms with Crippen molar-refractivity contribution >= 4 is 16.0 Å². The zero-order valence-corrected chi connectivity index (χ0v) is 11.3. The highest BCUT2D eigenvalue weighted by molar-refractivity contribution is 7.89. The number of carboxylic acid groups (broad SMARTS) is 1. The predicted octanol–water partition coefficient (Wildman–Crippen LogP) is 1.59. The number of benzene rings is 1. The van der Waals surface area contributed by atoms with Crippen molar-refractivity contribution in [3.05, 3.63) is 29.6 Å². The molecule has 0 spiro atoms. The molecule has 0 saturated carbocycles. The lowest BCUT2D eigenvalue weighted by molar-refractivity contribution is -0.137. The van der Waals surface area contributed by atoms with Crippen molar-refractivity contribution in [3.63, 3.8) is 0 Å². The second-order valence-electron chi connectivity index (χ2n) is 3.93. The lowest BCUT2D eigenvalue weighted by Gasteiger charge is -2.19. The van der Waals surface area contributed by atoms with Crippen LogP contribution in [0.15, 0.2) is 17.0 Å². The van der Waals surface area contributed by atoms with Crippen LogP contribution in [0, 0.1) is 17.5 Å². The van der Waals surface area contributed by atoms with Gasteiger partial charge in [-0.25, -0.2) is 21.6 Å². The topological polar surface area (TPSA) is 74.7 Å². The molecule has 0 unspecified atom stereocenters. The molecule has 0 radical (unpaired) electrons. The molecule has 0 heterocycles. The summed E-state index contributed by atoms with van der Waals surface area (Å²) in [5.74, 6) is -6.51. The van der Waals surface area contributed by atoms with Crippen molar-refractivity contribution in [2.45, 2.75) is 18.2 Å². The van der Waals surface area contributed by atoms with E-state index in [1.807, 2.05) is 0 Å². The molecule has 0 aliphatic rings. The average molecular weight is 311 g/mol. The van der Waals surface area contributed by atoms with Gasteiger partial charge in [0.2, 0.25) is 10.0 Å². The lowest BCUT2D eigenvalue weighted by atomic mass is 10.3. The van der Waals surface area contributed by atoms with E-state index in [0.29, 0.717) is 22.9 Å². The van der Waals surface area contributed by atoms with Gasteiger partial charge in [0.05, 0.1) is 4.90 Å². The highest BCUT2D eigenvalue weighted by atomic mass is 32.2. The number of hydrogen-bond donors (Lipinski definition) is 1. The maximum atomic E-state index is 13.1. The Morgan fingerprint density at radius 1 is 1.25 bits per heavy atom. The number of carbonyl (C=O) groups is 1. The summed E-state index contributed by atoms with van der Waals surface area (Å²) in [5.41, 5.74) is 0. The summed E-state index contributed by atoms with van der Waals surface area (Å²) in [4.78, 5) is 9.81. The van der Waals surface area contributed by atoms with Gasteiger partial charge < -0.3 is 5.11 Å². The molecule has 0 fully saturated rings. The van der Waals surface area contributed by atoms with Gasteiger partial charge in [0.25, 0.3) is 0 Å². The van der Waals surface area contributed by atoms with Crippen LogP contribution in [0.2, 0.25) is 0 Å². The predicted molar refractivity (Wildman–Crippen MR) is 63.0 cm³/mol. The SMILES string of the molecule is CCCN(CC(=O)O)S(=O)(=O)c1cc(F)c(F)c(F)c1.